The number of hydrogen-bond donors (Lipinski definition) is 1. The number of likely N-dealkylation sites (tertiary alicyclic amines) is 2. The SMILES string of the molecule is CC1(C)CCC(N(C(=O)C(C)(C)O)[C@H]2CCN(C(=O)[C@@H]3CN(C(C)(C)C)C[C@H]3c3ccc(Cl)cc3)C2)CC1. The number of halogens is 1. The minimum atomic E-state index is -1.43. The van der Waals surface area contributed by atoms with Gasteiger partial charge in [-0.15, -0.1) is 0 Å². The second kappa shape index (κ2) is 10.7. The number of hydrogen-bond acceptors (Lipinski definition) is 4. The lowest BCUT2D eigenvalue weighted by atomic mass is 9.75. The van der Waals surface area contributed by atoms with Crippen LogP contribution in [-0.4, -0.2) is 81.0 Å². The van der Waals surface area contributed by atoms with Gasteiger partial charge in [-0.2, -0.15) is 0 Å². The molecule has 212 valence electrons. The Hall–Kier alpha value is -1.63. The summed E-state index contributed by atoms with van der Waals surface area (Å²) in [5.41, 5.74) is -0.0185. The van der Waals surface area contributed by atoms with E-state index < -0.39 is 5.60 Å². The Morgan fingerprint density at radius 2 is 1.55 bits per heavy atom. The molecule has 1 aliphatic carbocycles. The Morgan fingerprint density at radius 1 is 0.947 bits per heavy atom. The number of rotatable bonds is 5. The maximum absolute atomic E-state index is 14.1. The minimum Gasteiger partial charge on any atom is -0.381 e. The van der Waals surface area contributed by atoms with Gasteiger partial charge in [-0.3, -0.25) is 14.5 Å². The third-order valence-corrected chi connectivity index (χ3v) is 9.46. The highest BCUT2D eigenvalue weighted by Gasteiger charge is 2.47. The van der Waals surface area contributed by atoms with Gasteiger partial charge in [0, 0.05) is 48.7 Å². The van der Waals surface area contributed by atoms with Gasteiger partial charge in [-0.25, -0.2) is 0 Å². The van der Waals surface area contributed by atoms with E-state index in [1.807, 2.05) is 21.9 Å². The predicted molar refractivity (Wildman–Crippen MR) is 153 cm³/mol. The summed E-state index contributed by atoms with van der Waals surface area (Å²) in [6, 6.07) is 8.00. The zero-order chi connectivity index (χ0) is 28.0. The molecule has 0 aromatic heterocycles. The van der Waals surface area contributed by atoms with E-state index in [0.29, 0.717) is 18.1 Å². The number of carbonyl (C=O) groups excluding carboxylic acids is 2. The quantitative estimate of drug-likeness (QED) is 0.543. The van der Waals surface area contributed by atoms with Crippen LogP contribution in [0.3, 0.4) is 0 Å². The molecule has 1 aromatic carbocycles. The van der Waals surface area contributed by atoms with Gasteiger partial charge in [-0.1, -0.05) is 37.6 Å². The molecule has 2 amide bonds. The number of nitrogens with zero attached hydrogens (tertiary/aromatic N) is 3. The van der Waals surface area contributed by atoms with Crippen LogP contribution in [0.15, 0.2) is 24.3 Å². The van der Waals surface area contributed by atoms with Crippen molar-refractivity contribution in [3.63, 3.8) is 0 Å². The van der Waals surface area contributed by atoms with Gasteiger partial charge in [0.1, 0.15) is 5.60 Å². The lowest BCUT2D eigenvalue weighted by Crippen LogP contribution is -2.56. The standard InChI is InChI=1S/C31H48ClN3O3/c1-29(2,3)34-19-25(21-8-10-22(32)11-9-21)26(20-34)27(36)33-17-14-24(18-33)35(28(37)31(6,7)38)23-12-15-30(4,5)16-13-23/h8-11,23-26,38H,12-20H2,1-7H3/t24-,25-,26+/m0/s1. The zero-order valence-electron chi connectivity index (χ0n) is 24.5. The van der Waals surface area contributed by atoms with Crippen LogP contribution in [0.2, 0.25) is 5.02 Å². The van der Waals surface area contributed by atoms with E-state index in [0.717, 1.165) is 50.8 Å². The molecule has 38 heavy (non-hydrogen) atoms. The summed E-state index contributed by atoms with van der Waals surface area (Å²) in [4.78, 5) is 34.0. The molecule has 0 bridgehead atoms. The smallest absolute Gasteiger partial charge is 0.254 e. The van der Waals surface area contributed by atoms with Crippen LogP contribution >= 0.6 is 11.6 Å². The van der Waals surface area contributed by atoms with Crippen molar-refractivity contribution in [3.05, 3.63) is 34.9 Å². The fraction of sp³-hybridized carbons (Fsp3) is 0.742. The molecule has 2 heterocycles. The molecule has 1 aromatic rings. The van der Waals surface area contributed by atoms with Crippen LogP contribution < -0.4 is 0 Å². The summed E-state index contributed by atoms with van der Waals surface area (Å²) >= 11 is 6.17. The van der Waals surface area contributed by atoms with Crippen molar-refractivity contribution in [1.82, 2.24) is 14.7 Å². The van der Waals surface area contributed by atoms with Gasteiger partial charge >= 0.3 is 0 Å². The first kappa shape index (κ1) is 29.4. The van der Waals surface area contributed by atoms with E-state index in [9.17, 15) is 14.7 Å². The Kier molecular flexibility index (Phi) is 8.30. The highest BCUT2D eigenvalue weighted by atomic mass is 35.5. The number of carbonyl (C=O) groups is 2. The average Bonchev–Trinajstić information content (AvgIpc) is 3.48. The lowest BCUT2D eigenvalue weighted by molar-refractivity contribution is -0.155. The van der Waals surface area contributed by atoms with Crippen LogP contribution in [0.4, 0.5) is 0 Å². The first-order chi connectivity index (χ1) is 17.6. The molecule has 0 radical (unpaired) electrons. The molecule has 0 unspecified atom stereocenters. The highest BCUT2D eigenvalue weighted by molar-refractivity contribution is 6.30. The molecule has 7 heteroatoms. The van der Waals surface area contributed by atoms with E-state index >= 15 is 0 Å². The summed E-state index contributed by atoms with van der Waals surface area (Å²) in [5, 5.41) is 11.4. The molecule has 3 fully saturated rings. The van der Waals surface area contributed by atoms with Crippen molar-refractivity contribution >= 4 is 23.4 Å². The van der Waals surface area contributed by atoms with Crippen molar-refractivity contribution in [2.45, 2.75) is 110 Å². The second-order valence-electron chi connectivity index (χ2n) is 14.2. The molecule has 4 rings (SSSR count). The van der Waals surface area contributed by atoms with Gasteiger partial charge < -0.3 is 14.9 Å². The molecule has 3 aliphatic rings. The normalized spacial score (nSPS) is 27.1. The van der Waals surface area contributed by atoms with E-state index in [1.165, 1.54) is 0 Å². The van der Waals surface area contributed by atoms with Gasteiger partial charge in [-0.05, 0) is 89.8 Å². The topological polar surface area (TPSA) is 64.1 Å². The fourth-order valence-corrected chi connectivity index (χ4v) is 6.79. The first-order valence-corrected chi connectivity index (χ1v) is 14.8. The summed E-state index contributed by atoms with van der Waals surface area (Å²) in [6.07, 6.45) is 4.78. The van der Waals surface area contributed by atoms with E-state index in [-0.39, 0.29) is 46.7 Å². The van der Waals surface area contributed by atoms with Crippen LogP contribution in [0.5, 0.6) is 0 Å². The molecule has 6 nitrogen and oxygen atoms in total. The van der Waals surface area contributed by atoms with Crippen molar-refractivity contribution in [2.75, 3.05) is 26.2 Å². The third kappa shape index (κ3) is 6.39. The van der Waals surface area contributed by atoms with E-state index in [1.54, 1.807) is 13.8 Å². The first-order valence-electron chi connectivity index (χ1n) is 14.4. The third-order valence-electron chi connectivity index (χ3n) is 9.21. The van der Waals surface area contributed by atoms with Crippen molar-refractivity contribution < 1.29 is 14.7 Å². The van der Waals surface area contributed by atoms with Crippen molar-refractivity contribution in [2.24, 2.45) is 11.3 Å². The highest BCUT2D eigenvalue weighted by Crippen LogP contribution is 2.41. The number of aliphatic hydroxyl groups is 1. The Morgan fingerprint density at radius 3 is 2.11 bits per heavy atom. The maximum Gasteiger partial charge on any atom is 0.254 e. The van der Waals surface area contributed by atoms with Crippen molar-refractivity contribution in [3.8, 4) is 0 Å². The lowest BCUT2D eigenvalue weighted by Gasteiger charge is -2.44. The fourth-order valence-electron chi connectivity index (χ4n) is 6.66. The summed E-state index contributed by atoms with van der Waals surface area (Å²) < 4.78 is 0. The Bertz CT molecular complexity index is 1000. The second-order valence-corrected chi connectivity index (χ2v) is 14.7. The molecular formula is C31H48ClN3O3. The molecular weight excluding hydrogens is 498 g/mol. The number of amides is 2. The Balaban J connectivity index is 1.53. The zero-order valence-corrected chi connectivity index (χ0v) is 25.2. The summed E-state index contributed by atoms with van der Waals surface area (Å²) in [5.74, 6) is -0.0595. The van der Waals surface area contributed by atoms with Gasteiger partial charge in [0.25, 0.3) is 5.91 Å². The maximum atomic E-state index is 14.1. The van der Waals surface area contributed by atoms with Crippen LogP contribution in [0, 0.1) is 11.3 Å². The molecule has 3 atom stereocenters. The minimum absolute atomic E-state index is 0.0298. The monoisotopic (exact) mass is 545 g/mol. The van der Waals surface area contributed by atoms with E-state index in [2.05, 4.69) is 51.7 Å². The Labute approximate surface area is 234 Å². The van der Waals surface area contributed by atoms with Gasteiger partial charge in [0.2, 0.25) is 5.91 Å². The van der Waals surface area contributed by atoms with Crippen LogP contribution in [-0.2, 0) is 9.59 Å². The van der Waals surface area contributed by atoms with Crippen LogP contribution in [0.25, 0.3) is 0 Å². The average molecular weight is 546 g/mol. The molecule has 2 saturated heterocycles. The molecule has 2 aliphatic heterocycles. The molecule has 0 spiro atoms. The molecule has 1 N–H and O–H groups in total. The largest absolute Gasteiger partial charge is 0.381 e. The van der Waals surface area contributed by atoms with E-state index in [4.69, 9.17) is 11.6 Å². The van der Waals surface area contributed by atoms with Gasteiger partial charge in [0.05, 0.1) is 12.0 Å². The van der Waals surface area contributed by atoms with Crippen LogP contribution in [0.1, 0.15) is 92.1 Å². The summed E-state index contributed by atoms with van der Waals surface area (Å²) in [7, 11) is 0. The predicted octanol–water partition coefficient (Wildman–Crippen LogP) is 5.32. The summed E-state index contributed by atoms with van der Waals surface area (Å²) in [6.45, 7) is 17.1. The van der Waals surface area contributed by atoms with Crippen molar-refractivity contribution in [1.29, 1.82) is 0 Å². The van der Waals surface area contributed by atoms with Gasteiger partial charge in [0.15, 0.2) is 0 Å². The number of benzene rings is 1. The molecule has 1 saturated carbocycles.